The van der Waals surface area contributed by atoms with Gasteiger partial charge >= 0.3 is 6.09 Å². The molecule has 1 amide bonds. The lowest BCUT2D eigenvalue weighted by atomic mass is 10.2. The van der Waals surface area contributed by atoms with E-state index < -0.39 is 22.3 Å². The molecule has 1 aliphatic heterocycles. The Bertz CT molecular complexity index is 574. The summed E-state index contributed by atoms with van der Waals surface area (Å²) in [5.41, 5.74) is 0.634. The normalized spacial score (nSPS) is 19.4. The van der Waals surface area contributed by atoms with Crippen LogP contribution in [0.4, 0.5) is 4.79 Å². The molecule has 116 valence electrons. The molecule has 0 aliphatic carbocycles. The van der Waals surface area contributed by atoms with E-state index in [1.54, 1.807) is 30.3 Å². The molecule has 21 heavy (non-hydrogen) atoms. The predicted octanol–water partition coefficient (Wildman–Crippen LogP) is 0.912. The number of morpholine rings is 1. The van der Waals surface area contributed by atoms with Gasteiger partial charge in [-0.15, -0.1) is 0 Å². The van der Waals surface area contributed by atoms with Crippen LogP contribution in [0.25, 0.3) is 0 Å². The molecule has 1 saturated heterocycles. The summed E-state index contributed by atoms with van der Waals surface area (Å²) in [5, 5.41) is 8.89. The average Bonchev–Trinajstić information content (AvgIpc) is 2.46. The molecule has 1 aromatic rings. The largest absolute Gasteiger partial charge is 0.465 e. The molecule has 8 heteroatoms. The first-order valence-corrected chi connectivity index (χ1v) is 8.04. The monoisotopic (exact) mass is 315 g/mol. The summed E-state index contributed by atoms with van der Waals surface area (Å²) in [7, 11) is -3.72. The zero-order chi connectivity index (χ0) is 15.3. The summed E-state index contributed by atoms with van der Waals surface area (Å²) < 4.78 is 33.9. The first-order chi connectivity index (χ1) is 9.96. The zero-order valence-corrected chi connectivity index (χ0v) is 12.2. The van der Waals surface area contributed by atoms with Gasteiger partial charge < -0.3 is 14.7 Å². The average molecular weight is 315 g/mol. The highest BCUT2D eigenvalue weighted by molar-refractivity contribution is 7.85. The number of benzene rings is 1. The minimum absolute atomic E-state index is 0.107. The molecule has 1 atom stereocenters. The van der Waals surface area contributed by atoms with Crippen LogP contribution in [-0.2, 0) is 24.8 Å². The van der Waals surface area contributed by atoms with Crippen LogP contribution in [0.15, 0.2) is 30.3 Å². The summed E-state index contributed by atoms with van der Waals surface area (Å²) in [6.07, 6.45) is -1.61. The second-order valence-corrected chi connectivity index (χ2v) is 6.33. The maximum Gasteiger partial charge on any atom is 0.407 e. The lowest BCUT2D eigenvalue weighted by Crippen LogP contribution is -2.46. The van der Waals surface area contributed by atoms with Gasteiger partial charge in [0.15, 0.2) is 0 Å². The van der Waals surface area contributed by atoms with Crippen molar-refractivity contribution in [3.05, 3.63) is 35.9 Å². The Morgan fingerprint density at radius 3 is 2.76 bits per heavy atom. The molecular formula is C13H17NO6S. The lowest BCUT2D eigenvalue weighted by molar-refractivity contribution is -0.0402. The van der Waals surface area contributed by atoms with E-state index in [1.807, 2.05) is 0 Å². The van der Waals surface area contributed by atoms with Crippen LogP contribution in [0.2, 0.25) is 0 Å². The quantitative estimate of drug-likeness (QED) is 0.812. The molecule has 1 aromatic carbocycles. The third-order valence-electron chi connectivity index (χ3n) is 3.03. The minimum atomic E-state index is -3.72. The highest BCUT2D eigenvalue weighted by Gasteiger charge is 2.25. The summed E-state index contributed by atoms with van der Waals surface area (Å²) in [6.45, 7) is 0.441. The fourth-order valence-corrected chi connectivity index (χ4v) is 3.04. The Hall–Kier alpha value is -1.64. The number of nitrogens with zero attached hydrogens (tertiary/aromatic N) is 1. The Balaban J connectivity index is 1.85. The molecule has 0 radical (unpaired) electrons. The number of hydrogen-bond donors (Lipinski definition) is 1. The van der Waals surface area contributed by atoms with E-state index in [0.717, 1.165) is 0 Å². The van der Waals surface area contributed by atoms with Gasteiger partial charge in [0.05, 0.1) is 19.8 Å². The van der Waals surface area contributed by atoms with Crippen LogP contribution in [0.1, 0.15) is 5.56 Å². The zero-order valence-electron chi connectivity index (χ0n) is 11.3. The lowest BCUT2D eigenvalue weighted by Gasteiger charge is -2.30. The number of rotatable bonds is 5. The van der Waals surface area contributed by atoms with Gasteiger partial charge in [0, 0.05) is 6.54 Å². The molecule has 0 saturated carbocycles. The number of amides is 1. The van der Waals surface area contributed by atoms with Crippen molar-refractivity contribution in [1.29, 1.82) is 0 Å². The number of carbonyl (C=O) groups is 1. The molecule has 0 bridgehead atoms. The van der Waals surface area contributed by atoms with Gasteiger partial charge in [-0.1, -0.05) is 30.3 Å². The second kappa shape index (κ2) is 6.88. The summed E-state index contributed by atoms with van der Waals surface area (Å²) >= 11 is 0. The minimum Gasteiger partial charge on any atom is -0.465 e. The standard InChI is InChI=1S/C13H17NO6S/c15-13(16)14-6-7-19-12(8-14)9-20-21(17,18)10-11-4-2-1-3-5-11/h1-5,12H,6-10H2,(H,15,16)/t12-/m1/s1. The molecular weight excluding hydrogens is 298 g/mol. The first-order valence-electron chi connectivity index (χ1n) is 6.47. The Labute approximate surface area is 123 Å². The topological polar surface area (TPSA) is 93.1 Å². The Morgan fingerprint density at radius 2 is 2.10 bits per heavy atom. The molecule has 0 spiro atoms. The summed E-state index contributed by atoms with van der Waals surface area (Å²) in [4.78, 5) is 12.0. The third-order valence-corrected chi connectivity index (χ3v) is 4.21. The van der Waals surface area contributed by atoms with Crippen LogP contribution in [0.5, 0.6) is 0 Å². The SMILES string of the molecule is O=C(O)N1CCO[C@@H](COS(=O)(=O)Cc2ccccc2)C1. The Kier molecular flexibility index (Phi) is 5.16. The highest BCUT2D eigenvalue weighted by atomic mass is 32.2. The molecule has 1 aliphatic rings. The van der Waals surface area contributed by atoms with Crippen molar-refractivity contribution in [2.75, 3.05) is 26.3 Å². The van der Waals surface area contributed by atoms with Gasteiger partial charge in [0.25, 0.3) is 10.1 Å². The van der Waals surface area contributed by atoms with E-state index in [4.69, 9.17) is 14.0 Å². The van der Waals surface area contributed by atoms with Crippen LogP contribution >= 0.6 is 0 Å². The maximum absolute atomic E-state index is 11.9. The van der Waals surface area contributed by atoms with E-state index in [0.29, 0.717) is 5.56 Å². The van der Waals surface area contributed by atoms with Crippen molar-refractivity contribution >= 4 is 16.2 Å². The van der Waals surface area contributed by atoms with Gasteiger partial charge in [0.2, 0.25) is 0 Å². The van der Waals surface area contributed by atoms with Crippen LogP contribution in [-0.4, -0.2) is 56.9 Å². The smallest absolute Gasteiger partial charge is 0.407 e. The molecule has 1 heterocycles. The molecule has 0 aromatic heterocycles. The van der Waals surface area contributed by atoms with Crippen molar-refractivity contribution in [2.24, 2.45) is 0 Å². The van der Waals surface area contributed by atoms with Gasteiger partial charge in [-0.3, -0.25) is 4.18 Å². The highest BCUT2D eigenvalue weighted by Crippen LogP contribution is 2.11. The van der Waals surface area contributed by atoms with E-state index in [9.17, 15) is 13.2 Å². The molecule has 1 fully saturated rings. The molecule has 2 rings (SSSR count). The van der Waals surface area contributed by atoms with Crippen molar-refractivity contribution in [2.45, 2.75) is 11.9 Å². The summed E-state index contributed by atoms with van der Waals surface area (Å²) in [6, 6.07) is 8.70. The van der Waals surface area contributed by atoms with Gasteiger partial charge in [-0.2, -0.15) is 8.42 Å². The first kappa shape index (κ1) is 15.7. The van der Waals surface area contributed by atoms with E-state index >= 15 is 0 Å². The van der Waals surface area contributed by atoms with Crippen molar-refractivity contribution in [3.63, 3.8) is 0 Å². The van der Waals surface area contributed by atoms with Crippen molar-refractivity contribution in [3.8, 4) is 0 Å². The number of hydrogen-bond acceptors (Lipinski definition) is 5. The number of carboxylic acid groups (broad SMARTS) is 1. The van der Waals surface area contributed by atoms with E-state index in [2.05, 4.69) is 0 Å². The van der Waals surface area contributed by atoms with Crippen LogP contribution < -0.4 is 0 Å². The van der Waals surface area contributed by atoms with Crippen molar-refractivity contribution < 1.29 is 27.2 Å². The third kappa shape index (κ3) is 5.00. The maximum atomic E-state index is 11.9. The van der Waals surface area contributed by atoms with E-state index in [1.165, 1.54) is 4.90 Å². The predicted molar refractivity (Wildman–Crippen MR) is 74.4 cm³/mol. The van der Waals surface area contributed by atoms with Gasteiger partial charge in [-0.25, -0.2) is 4.79 Å². The van der Waals surface area contributed by atoms with E-state index in [-0.39, 0.29) is 32.1 Å². The van der Waals surface area contributed by atoms with Crippen molar-refractivity contribution in [1.82, 2.24) is 4.90 Å². The Morgan fingerprint density at radius 1 is 1.38 bits per heavy atom. The molecule has 1 N–H and O–H groups in total. The van der Waals surface area contributed by atoms with Crippen LogP contribution in [0.3, 0.4) is 0 Å². The van der Waals surface area contributed by atoms with Gasteiger partial charge in [0.1, 0.15) is 11.9 Å². The van der Waals surface area contributed by atoms with Crippen LogP contribution in [0, 0.1) is 0 Å². The molecule has 7 nitrogen and oxygen atoms in total. The van der Waals surface area contributed by atoms with Gasteiger partial charge in [-0.05, 0) is 5.56 Å². The molecule has 0 unspecified atom stereocenters. The fraction of sp³-hybridized carbons (Fsp3) is 0.462. The summed E-state index contributed by atoms with van der Waals surface area (Å²) in [5.74, 6) is -0.219. The fourth-order valence-electron chi connectivity index (χ4n) is 1.99. The number of ether oxygens (including phenoxy) is 1. The second-order valence-electron chi connectivity index (χ2n) is 4.69.